The molecule has 1 heterocycles. The SMILES string of the molecule is CN(C)/C=C(\C#N)C1CCN(C(=O)O)CC1. The highest BCUT2D eigenvalue weighted by Crippen LogP contribution is 2.24. The summed E-state index contributed by atoms with van der Waals surface area (Å²) in [6.07, 6.45) is 2.42. The second kappa shape index (κ2) is 5.40. The van der Waals surface area contributed by atoms with Gasteiger partial charge in [0.25, 0.3) is 0 Å². The van der Waals surface area contributed by atoms with Crippen LogP contribution in [0.2, 0.25) is 0 Å². The minimum absolute atomic E-state index is 0.197. The second-order valence-corrected chi connectivity index (χ2v) is 4.20. The predicted molar refractivity (Wildman–Crippen MR) is 59.7 cm³/mol. The molecule has 0 aromatic rings. The minimum atomic E-state index is -0.867. The lowest BCUT2D eigenvalue weighted by atomic mass is 9.90. The van der Waals surface area contributed by atoms with Crippen LogP contribution in [-0.2, 0) is 0 Å². The molecule has 1 amide bonds. The standard InChI is InChI=1S/C11H17N3O2/c1-13(2)8-10(7-12)9-3-5-14(6-4-9)11(15)16/h8-9H,3-6H2,1-2H3,(H,15,16)/b10-8+. The highest BCUT2D eigenvalue weighted by molar-refractivity contribution is 5.65. The third kappa shape index (κ3) is 3.16. The van der Waals surface area contributed by atoms with E-state index in [1.807, 2.05) is 25.2 Å². The molecule has 1 aliphatic rings. The number of nitrogens with zero attached hydrogens (tertiary/aromatic N) is 3. The number of carbonyl (C=O) groups is 1. The number of amides is 1. The highest BCUT2D eigenvalue weighted by Gasteiger charge is 2.24. The monoisotopic (exact) mass is 223 g/mol. The molecule has 5 nitrogen and oxygen atoms in total. The van der Waals surface area contributed by atoms with E-state index in [0.717, 1.165) is 18.4 Å². The van der Waals surface area contributed by atoms with Gasteiger partial charge >= 0.3 is 6.09 Å². The summed E-state index contributed by atoms with van der Waals surface area (Å²) in [5, 5.41) is 17.8. The van der Waals surface area contributed by atoms with Crippen LogP contribution in [0.25, 0.3) is 0 Å². The summed E-state index contributed by atoms with van der Waals surface area (Å²) in [5.74, 6) is 0.197. The summed E-state index contributed by atoms with van der Waals surface area (Å²) < 4.78 is 0. The number of likely N-dealkylation sites (tertiary alicyclic amines) is 1. The van der Waals surface area contributed by atoms with Gasteiger partial charge in [0.1, 0.15) is 0 Å². The van der Waals surface area contributed by atoms with Crippen LogP contribution < -0.4 is 0 Å². The Morgan fingerprint density at radius 2 is 2.06 bits per heavy atom. The molecule has 0 atom stereocenters. The maximum Gasteiger partial charge on any atom is 0.407 e. The van der Waals surface area contributed by atoms with Crippen molar-refractivity contribution in [3.63, 3.8) is 0 Å². The van der Waals surface area contributed by atoms with Crippen LogP contribution >= 0.6 is 0 Å². The van der Waals surface area contributed by atoms with Crippen molar-refractivity contribution < 1.29 is 9.90 Å². The fourth-order valence-corrected chi connectivity index (χ4v) is 1.89. The molecule has 1 N–H and O–H groups in total. The molecule has 88 valence electrons. The molecule has 0 aromatic carbocycles. The molecule has 1 saturated heterocycles. The molecular weight excluding hydrogens is 206 g/mol. The topological polar surface area (TPSA) is 67.6 Å². The Hall–Kier alpha value is -1.70. The lowest BCUT2D eigenvalue weighted by molar-refractivity contribution is 0.129. The van der Waals surface area contributed by atoms with E-state index in [1.54, 1.807) is 0 Å². The molecule has 1 rings (SSSR count). The highest BCUT2D eigenvalue weighted by atomic mass is 16.4. The predicted octanol–water partition coefficient (Wildman–Crippen LogP) is 1.35. The number of hydrogen-bond donors (Lipinski definition) is 1. The van der Waals surface area contributed by atoms with Crippen LogP contribution in [0, 0.1) is 17.2 Å². The zero-order chi connectivity index (χ0) is 12.1. The van der Waals surface area contributed by atoms with E-state index in [0.29, 0.717) is 13.1 Å². The van der Waals surface area contributed by atoms with Crippen LogP contribution in [-0.4, -0.2) is 48.2 Å². The van der Waals surface area contributed by atoms with Gasteiger partial charge in [-0.1, -0.05) is 0 Å². The number of rotatable bonds is 2. The number of nitriles is 1. The lowest BCUT2D eigenvalue weighted by Gasteiger charge is -2.29. The molecule has 0 radical (unpaired) electrons. The normalized spacial score (nSPS) is 18.1. The molecule has 0 aromatic heterocycles. The van der Waals surface area contributed by atoms with E-state index in [-0.39, 0.29) is 5.92 Å². The van der Waals surface area contributed by atoms with Crippen molar-refractivity contribution in [3.05, 3.63) is 11.8 Å². The molecule has 0 aliphatic carbocycles. The van der Waals surface area contributed by atoms with E-state index in [9.17, 15) is 4.79 Å². The Balaban J connectivity index is 2.59. The molecule has 0 bridgehead atoms. The fraction of sp³-hybridized carbons (Fsp3) is 0.636. The smallest absolute Gasteiger partial charge is 0.407 e. The first-order valence-corrected chi connectivity index (χ1v) is 5.30. The summed E-state index contributed by atoms with van der Waals surface area (Å²) in [4.78, 5) is 14.0. The van der Waals surface area contributed by atoms with Gasteiger partial charge in [0.2, 0.25) is 0 Å². The molecule has 0 saturated carbocycles. The van der Waals surface area contributed by atoms with Crippen molar-refractivity contribution in [3.8, 4) is 6.07 Å². The van der Waals surface area contributed by atoms with E-state index < -0.39 is 6.09 Å². The summed E-state index contributed by atoms with van der Waals surface area (Å²) in [5.41, 5.74) is 0.745. The quantitative estimate of drug-likeness (QED) is 0.717. The summed E-state index contributed by atoms with van der Waals surface area (Å²) in [7, 11) is 3.76. The number of allylic oxidation sites excluding steroid dienone is 1. The summed E-state index contributed by atoms with van der Waals surface area (Å²) in [6, 6.07) is 2.20. The van der Waals surface area contributed by atoms with Crippen LogP contribution in [0.15, 0.2) is 11.8 Å². The van der Waals surface area contributed by atoms with Gasteiger partial charge in [-0.15, -0.1) is 0 Å². The molecular formula is C11H17N3O2. The fourth-order valence-electron chi connectivity index (χ4n) is 1.89. The van der Waals surface area contributed by atoms with Crippen molar-refractivity contribution >= 4 is 6.09 Å². The first-order valence-electron chi connectivity index (χ1n) is 5.30. The van der Waals surface area contributed by atoms with Gasteiger partial charge < -0.3 is 14.9 Å². The van der Waals surface area contributed by atoms with Crippen LogP contribution in [0.1, 0.15) is 12.8 Å². The van der Waals surface area contributed by atoms with Crippen molar-refractivity contribution in [2.45, 2.75) is 12.8 Å². The molecule has 1 fully saturated rings. The van der Waals surface area contributed by atoms with E-state index in [2.05, 4.69) is 6.07 Å². The lowest BCUT2D eigenvalue weighted by Crippen LogP contribution is -2.37. The van der Waals surface area contributed by atoms with Gasteiger partial charge in [0.05, 0.1) is 6.07 Å². The van der Waals surface area contributed by atoms with E-state index >= 15 is 0 Å². The van der Waals surface area contributed by atoms with Crippen molar-refractivity contribution in [2.75, 3.05) is 27.2 Å². The average Bonchev–Trinajstić information content (AvgIpc) is 2.25. The summed E-state index contributed by atoms with van der Waals surface area (Å²) >= 11 is 0. The average molecular weight is 223 g/mol. The van der Waals surface area contributed by atoms with Crippen molar-refractivity contribution in [2.24, 2.45) is 5.92 Å². The maximum atomic E-state index is 10.7. The zero-order valence-electron chi connectivity index (χ0n) is 9.68. The molecule has 16 heavy (non-hydrogen) atoms. The molecule has 5 heteroatoms. The Labute approximate surface area is 95.6 Å². The van der Waals surface area contributed by atoms with Gasteiger partial charge in [0, 0.05) is 39.0 Å². The first kappa shape index (κ1) is 12.4. The van der Waals surface area contributed by atoms with E-state index in [1.165, 1.54) is 4.90 Å². The third-order valence-electron chi connectivity index (χ3n) is 2.73. The van der Waals surface area contributed by atoms with Gasteiger partial charge in [-0.05, 0) is 18.8 Å². The van der Waals surface area contributed by atoms with Gasteiger partial charge in [0.15, 0.2) is 0 Å². The Kier molecular flexibility index (Phi) is 4.18. The van der Waals surface area contributed by atoms with Gasteiger partial charge in [-0.25, -0.2) is 4.79 Å². The zero-order valence-corrected chi connectivity index (χ0v) is 9.68. The largest absolute Gasteiger partial charge is 0.465 e. The van der Waals surface area contributed by atoms with E-state index in [4.69, 9.17) is 10.4 Å². The van der Waals surface area contributed by atoms with Crippen LogP contribution in [0.3, 0.4) is 0 Å². The second-order valence-electron chi connectivity index (χ2n) is 4.20. The Morgan fingerprint density at radius 1 is 1.50 bits per heavy atom. The van der Waals surface area contributed by atoms with Crippen LogP contribution in [0.5, 0.6) is 0 Å². The van der Waals surface area contributed by atoms with Crippen molar-refractivity contribution in [1.29, 1.82) is 5.26 Å². The minimum Gasteiger partial charge on any atom is -0.465 e. The van der Waals surface area contributed by atoms with Crippen molar-refractivity contribution in [1.82, 2.24) is 9.80 Å². The number of piperidine rings is 1. The molecule has 0 spiro atoms. The molecule has 0 unspecified atom stereocenters. The molecule has 1 aliphatic heterocycles. The summed E-state index contributed by atoms with van der Waals surface area (Å²) in [6.45, 7) is 1.04. The Bertz CT molecular complexity index is 323. The van der Waals surface area contributed by atoms with Gasteiger partial charge in [-0.2, -0.15) is 5.26 Å². The maximum absolute atomic E-state index is 10.7. The first-order chi connectivity index (χ1) is 7.54. The number of hydrogen-bond acceptors (Lipinski definition) is 3. The van der Waals surface area contributed by atoms with Crippen LogP contribution in [0.4, 0.5) is 4.79 Å². The van der Waals surface area contributed by atoms with Gasteiger partial charge in [-0.3, -0.25) is 0 Å². The Morgan fingerprint density at radius 3 is 2.44 bits per heavy atom. The number of carboxylic acid groups (broad SMARTS) is 1. The third-order valence-corrected chi connectivity index (χ3v) is 2.73.